The maximum Gasteiger partial charge on any atom is 0.416 e. The molecule has 1 N–H and O–H groups in total. The van der Waals surface area contributed by atoms with Crippen LogP contribution in [0.15, 0.2) is 24.3 Å². The van der Waals surface area contributed by atoms with Crippen molar-refractivity contribution >= 4 is 11.9 Å². The average Bonchev–Trinajstić information content (AvgIpc) is 2.46. The second-order valence-corrected chi connectivity index (χ2v) is 4.98. The Labute approximate surface area is 126 Å². The Morgan fingerprint density at radius 1 is 1.27 bits per heavy atom. The summed E-state index contributed by atoms with van der Waals surface area (Å²) in [5.41, 5.74) is -0.491. The molecule has 2 atom stereocenters. The van der Waals surface area contributed by atoms with Crippen LogP contribution in [-0.4, -0.2) is 28.4 Å². The molecule has 1 amide bonds. The fourth-order valence-corrected chi connectivity index (χ4v) is 2.13. The van der Waals surface area contributed by atoms with Crippen molar-refractivity contribution in [1.29, 1.82) is 0 Å². The van der Waals surface area contributed by atoms with Crippen molar-refractivity contribution in [2.24, 2.45) is 5.92 Å². The number of carbonyl (C=O) groups is 2. The minimum Gasteiger partial charge on any atom is -0.481 e. The van der Waals surface area contributed by atoms with E-state index >= 15 is 0 Å². The van der Waals surface area contributed by atoms with Gasteiger partial charge in [-0.1, -0.05) is 12.1 Å². The molecule has 0 fully saturated rings. The topological polar surface area (TPSA) is 57.6 Å². The Morgan fingerprint density at radius 2 is 1.86 bits per heavy atom. The van der Waals surface area contributed by atoms with Crippen molar-refractivity contribution in [2.75, 3.05) is 6.54 Å². The number of aliphatic carboxylic acids is 1. The first-order valence-electron chi connectivity index (χ1n) is 6.80. The van der Waals surface area contributed by atoms with E-state index in [0.29, 0.717) is 5.56 Å². The van der Waals surface area contributed by atoms with Crippen LogP contribution in [0.5, 0.6) is 0 Å². The molecule has 0 saturated heterocycles. The molecule has 1 aromatic rings. The molecule has 0 aromatic heterocycles. The molecule has 1 rings (SSSR count). The van der Waals surface area contributed by atoms with Crippen molar-refractivity contribution in [3.05, 3.63) is 35.4 Å². The van der Waals surface area contributed by atoms with Crippen LogP contribution in [0, 0.1) is 5.92 Å². The fourth-order valence-electron chi connectivity index (χ4n) is 2.13. The highest BCUT2D eigenvalue weighted by Crippen LogP contribution is 2.32. The third-order valence-corrected chi connectivity index (χ3v) is 3.53. The zero-order chi connectivity index (χ0) is 17.1. The summed E-state index contributed by atoms with van der Waals surface area (Å²) in [6.45, 7) is 4.68. The number of benzene rings is 1. The molecule has 0 radical (unpaired) electrons. The zero-order valence-corrected chi connectivity index (χ0v) is 12.5. The van der Waals surface area contributed by atoms with Crippen molar-refractivity contribution in [2.45, 2.75) is 33.0 Å². The summed E-state index contributed by atoms with van der Waals surface area (Å²) in [7, 11) is 0. The molecule has 0 spiro atoms. The normalized spacial score (nSPS) is 14.3. The van der Waals surface area contributed by atoms with E-state index in [1.807, 2.05) is 0 Å². The van der Waals surface area contributed by atoms with Gasteiger partial charge in [0.15, 0.2) is 0 Å². The summed E-state index contributed by atoms with van der Waals surface area (Å²) in [4.78, 5) is 24.3. The number of hydrogen-bond donors (Lipinski definition) is 1. The van der Waals surface area contributed by atoms with Gasteiger partial charge in [-0.2, -0.15) is 13.2 Å². The lowest BCUT2D eigenvalue weighted by Crippen LogP contribution is -2.39. The first-order chi connectivity index (χ1) is 10.1. The third-order valence-electron chi connectivity index (χ3n) is 3.53. The SMILES string of the molecule is CCN(C(=O)C(C)C(=O)O)C(C)c1cccc(C(F)(F)F)c1. The van der Waals surface area contributed by atoms with E-state index in [-0.39, 0.29) is 6.54 Å². The predicted molar refractivity (Wildman–Crippen MR) is 74.0 cm³/mol. The quantitative estimate of drug-likeness (QED) is 0.847. The number of nitrogens with zero attached hydrogens (tertiary/aromatic N) is 1. The van der Waals surface area contributed by atoms with Crippen LogP contribution in [-0.2, 0) is 15.8 Å². The van der Waals surface area contributed by atoms with E-state index < -0.39 is 35.6 Å². The smallest absolute Gasteiger partial charge is 0.416 e. The van der Waals surface area contributed by atoms with Crippen molar-refractivity contribution < 1.29 is 27.9 Å². The van der Waals surface area contributed by atoms with Gasteiger partial charge in [-0.05, 0) is 38.5 Å². The van der Waals surface area contributed by atoms with Crippen LogP contribution in [0.4, 0.5) is 13.2 Å². The van der Waals surface area contributed by atoms with Crippen LogP contribution in [0.1, 0.15) is 37.9 Å². The number of amides is 1. The molecule has 4 nitrogen and oxygen atoms in total. The van der Waals surface area contributed by atoms with Crippen molar-refractivity contribution in [3.8, 4) is 0 Å². The lowest BCUT2D eigenvalue weighted by atomic mass is 10.0. The van der Waals surface area contributed by atoms with E-state index in [9.17, 15) is 22.8 Å². The van der Waals surface area contributed by atoms with Crippen molar-refractivity contribution in [3.63, 3.8) is 0 Å². The second-order valence-electron chi connectivity index (χ2n) is 4.98. The highest BCUT2D eigenvalue weighted by atomic mass is 19.4. The van der Waals surface area contributed by atoms with Gasteiger partial charge in [0, 0.05) is 6.54 Å². The van der Waals surface area contributed by atoms with Crippen molar-refractivity contribution in [1.82, 2.24) is 4.90 Å². The molecule has 0 heterocycles. The molecule has 7 heteroatoms. The molecular weight excluding hydrogens is 299 g/mol. The Bertz CT molecular complexity index is 557. The van der Waals surface area contributed by atoms with Gasteiger partial charge in [0.2, 0.25) is 5.91 Å². The number of alkyl halides is 3. The van der Waals surface area contributed by atoms with E-state index in [1.165, 1.54) is 24.0 Å². The van der Waals surface area contributed by atoms with Crippen LogP contribution in [0.2, 0.25) is 0 Å². The summed E-state index contributed by atoms with van der Waals surface area (Å²) in [5.74, 6) is -3.13. The Kier molecular flexibility index (Phi) is 5.57. The average molecular weight is 317 g/mol. The van der Waals surface area contributed by atoms with Gasteiger partial charge < -0.3 is 10.0 Å². The van der Waals surface area contributed by atoms with E-state index in [0.717, 1.165) is 12.1 Å². The number of carboxylic acids is 1. The first-order valence-corrected chi connectivity index (χ1v) is 6.80. The summed E-state index contributed by atoms with van der Waals surface area (Å²) in [6.07, 6.45) is -4.47. The lowest BCUT2D eigenvalue weighted by molar-refractivity contribution is -0.151. The number of carboxylic acid groups (broad SMARTS) is 1. The largest absolute Gasteiger partial charge is 0.481 e. The highest BCUT2D eigenvalue weighted by Gasteiger charge is 2.32. The monoisotopic (exact) mass is 317 g/mol. The van der Waals surface area contributed by atoms with Gasteiger partial charge in [-0.3, -0.25) is 9.59 Å². The second kappa shape index (κ2) is 6.81. The molecule has 0 bridgehead atoms. The molecule has 22 heavy (non-hydrogen) atoms. The van der Waals surface area contributed by atoms with Gasteiger partial charge in [0.25, 0.3) is 0 Å². The van der Waals surface area contributed by atoms with E-state index in [4.69, 9.17) is 5.11 Å². The predicted octanol–water partition coefficient (Wildman–Crippen LogP) is 3.34. The van der Waals surface area contributed by atoms with Crippen LogP contribution in [0.3, 0.4) is 0 Å². The van der Waals surface area contributed by atoms with Crippen LogP contribution in [0.25, 0.3) is 0 Å². The number of carbonyl (C=O) groups excluding carboxylic acids is 1. The molecule has 122 valence electrons. The maximum atomic E-state index is 12.7. The highest BCUT2D eigenvalue weighted by molar-refractivity contribution is 5.96. The Hall–Kier alpha value is -2.05. The van der Waals surface area contributed by atoms with E-state index in [1.54, 1.807) is 13.8 Å². The van der Waals surface area contributed by atoms with Gasteiger partial charge in [-0.25, -0.2) is 0 Å². The Balaban J connectivity index is 3.09. The summed E-state index contributed by atoms with van der Waals surface area (Å²) >= 11 is 0. The maximum absolute atomic E-state index is 12.7. The fraction of sp³-hybridized carbons (Fsp3) is 0.467. The minimum atomic E-state index is -4.47. The molecular formula is C15H18F3NO3. The van der Waals surface area contributed by atoms with Gasteiger partial charge in [0.05, 0.1) is 11.6 Å². The Morgan fingerprint density at radius 3 is 2.32 bits per heavy atom. The zero-order valence-electron chi connectivity index (χ0n) is 12.5. The van der Waals surface area contributed by atoms with E-state index in [2.05, 4.69) is 0 Å². The summed E-state index contributed by atoms with van der Waals surface area (Å²) in [6, 6.07) is 4.04. The molecule has 0 aliphatic heterocycles. The van der Waals surface area contributed by atoms with Gasteiger partial charge in [-0.15, -0.1) is 0 Å². The molecule has 0 aliphatic rings. The third kappa shape index (κ3) is 3.99. The molecule has 0 aliphatic carbocycles. The lowest BCUT2D eigenvalue weighted by Gasteiger charge is -2.30. The first kappa shape index (κ1) is 18.0. The van der Waals surface area contributed by atoms with Gasteiger partial charge in [0.1, 0.15) is 5.92 Å². The standard InChI is InChI=1S/C15H18F3NO3/c1-4-19(13(20)9(2)14(21)22)10(3)11-6-5-7-12(8-11)15(16,17)18/h5-10H,4H2,1-3H3,(H,21,22). The van der Waals surface area contributed by atoms with Gasteiger partial charge >= 0.3 is 12.1 Å². The number of rotatable bonds is 5. The van der Waals surface area contributed by atoms with Crippen LogP contribution < -0.4 is 0 Å². The van der Waals surface area contributed by atoms with Crippen LogP contribution >= 0.6 is 0 Å². The molecule has 0 saturated carbocycles. The summed E-state index contributed by atoms with van der Waals surface area (Å²) < 4.78 is 38.2. The minimum absolute atomic E-state index is 0.202. The summed E-state index contributed by atoms with van der Waals surface area (Å²) in [5, 5.41) is 8.90. The number of halogens is 3. The molecule has 2 unspecified atom stereocenters. The number of hydrogen-bond acceptors (Lipinski definition) is 2. The molecule has 1 aromatic carbocycles.